The molecule has 2 aromatic rings. The molecule has 7 nitrogen and oxygen atoms in total. The first kappa shape index (κ1) is 13.3. The lowest BCUT2D eigenvalue weighted by Crippen LogP contribution is -2.07. The van der Waals surface area contributed by atoms with E-state index in [4.69, 9.17) is 19.9 Å². The molecule has 7 heteroatoms. The van der Waals surface area contributed by atoms with E-state index in [0.717, 1.165) is 17.1 Å². The summed E-state index contributed by atoms with van der Waals surface area (Å²) < 4.78 is 16.0. The van der Waals surface area contributed by atoms with Crippen LogP contribution in [0.4, 0.5) is 11.5 Å². The minimum absolute atomic E-state index is 0.267. The highest BCUT2D eigenvalue weighted by Crippen LogP contribution is 2.33. The van der Waals surface area contributed by atoms with Gasteiger partial charge in [0.15, 0.2) is 17.3 Å². The van der Waals surface area contributed by atoms with E-state index in [-0.39, 0.29) is 6.79 Å². The Morgan fingerprint density at radius 2 is 2.14 bits per heavy atom. The maximum atomic E-state index is 5.97. The maximum Gasteiger partial charge on any atom is 0.242 e. The molecule has 3 rings (SSSR count). The smallest absolute Gasteiger partial charge is 0.242 e. The van der Waals surface area contributed by atoms with Crippen LogP contribution in [0.3, 0.4) is 0 Å². The molecule has 0 unspecified atom stereocenters. The van der Waals surface area contributed by atoms with Gasteiger partial charge in [0.25, 0.3) is 0 Å². The molecule has 0 atom stereocenters. The van der Waals surface area contributed by atoms with Crippen LogP contribution in [0, 0.1) is 0 Å². The Hall–Kier alpha value is -2.70. The Labute approximate surface area is 122 Å². The van der Waals surface area contributed by atoms with E-state index >= 15 is 0 Å². The monoisotopic (exact) mass is 288 g/mol. The fourth-order valence-electron chi connectivity index (χ4n) is 2.01. The number of hydrogen-bond donors (Lipinski definition) is 2. The molecular weight excluding hydrogens is 272 g/mol. The molecule has 1 aliphatic heterocycles. The van der Waals surface area contributed by atoms with Crippen LogP contribution in [-0.2, 0) is 6.54 Å². The summed E-state index contributed by atoms with van der Waals surface area (Å²) in [6, 6.07) is 5.77. The van der Waals surface area contributed by atoms with E-state index in [1.165, 1.54) is 6.33 Å². The van der Waals surface area contributed by atoms with Gasteiger partial charge >= 0.3 is 0 Å². The van der Waals surface area contributed by atoms with Gasteiger partial charge in [-0.15, -0.1) is 0 Å². The van der Waals surface area contributed by atoms with Crippen molar-refractivity contribution in [1.29, 1.82) is 0 Å². The number of anilines is 2. The Balaban J connectivity index is 1.71. The van der Waals surface area contributed by atoms with Crippen molar-refractivity contribution < 1.29 is 14.2 Å². The van der Waals surface area contributed by atoms with Crippen molar-refractivity contribution in [3.63, 3.8) is 0 Å². The Bertz CT molecular complexity index is 648. The van der Waals surface area contributed by atoms with Gasteiger partial charge in [-0.25, -0.2) is 4.98 Å². The second kappa shape index (κ2) is 5.74. The fraction of sp³-hybridized carbons (Fsp3) is 0.286. The van der Waals surface area contributed by atoms with E-state index < -0.39 is 0 Å². The van der Waals surface area contributed by atoms with Crippen LogP contribution in [-0.4, -0.2) is 23.4 Å². The van der Waals surface area contributed by atoms with Gasteiger partial charge in [-0.2, -0.15) is 4.98 Å². The number of hydrogen-bond acceptors (Lipinski definition) is 7. The highest BCUT2D eigenvalue weighted by Gasteiger charge is 2.14. The summed E-state index contributed by atoms with van der Waals surface area (Å²) >= 11 is 0. The molecule has 0 saturated heterocycles. The van der Waals surface area contributed by atoms with E-state index in [1.54, 1.807) is 0 Å². The van der Waals surface area contributed by atoms with Crippen molar-refractivity contribution in [1.82, 2.24) is 9.97 Å². The molecule has 1 aliphatic rings. The number of nitrogen functional groups attached to an aromatic ring is 1. The molecule has 0 spiro atoms. The average molecular weight is 288 g/mol. The lowest BCUT2D eigenvalue weighted by molar-refractivity contribution is 0.174. The summed E-state index contributed by atoms with van der Waals surface area (Å²) in [5, 5.41) is 3.17. The van der Waals surface area contributed by atoms with E-state index in [9.17, 15) is 0 Å². The molecule has 2 heterocycles. The van der Waals surface area contributed by atoms with Crippen LogP contribution in [0.15, 0.2) is 24.5 Å². The van der Waals surface area contributed by atoms with Gasteiger partial charge in [-0.3, -0.25) is 0 Å². The first-order chi connectivity index (χ1) is 10.3. The van der Waals surface area contributed by atoms with Gasteiger partial charge in [0, 0.05) is 6.54 Å². The molecule has 0 amide bonds. The van der Waals surface area contributed by atoms with E-state index in [2.05, 4.69) is 15.3 Å². The quantitative estimate of drug-likeness (QED) is 0.866. The number of nitrogens with two attached hydrogens (primary N) is 1. The van der Waals surface area contributed by atoms with Gasteiger partial charge in [0.1, 0.15) is 12.0 Å². The van der Waals surface area contributed by atoms with Crippen LogP contribution in [0.2, 0.25) is 0 Å². The zero-order chi connectivity index (χ0) is 14.7. The van der Waals surface area contributed by atoms with Gasteiger partial charge in [0.2, 0.25) is 12.7 Å². The molecule has 0 fully saturated rings. The highest BCUT2D eigenvalue weighted by atomic mass is 16.7. The summed E-state index contributed by atoms with van der Waals surface area (Å²) in [4.78, 5) is 8.12. The predicted octanol–water partition coefficient (Wildman–Crippen LogP) is 1.80. The number of nitrogens with zero attached hydrogens (tertiary/aromatic N) is 2. The van der Waals surface area contributed by atoms with Gasteiger partial charge < -0.3 is 25.3 Å². The van der Waals surface area contributed by atoms with Crippen molar-refractivity contribution in [3.05, 3.63) is 30.1 Å². The summed E-state index contributed by atoms with van der Waals surface area (Å²) in [7, 11) is 0. The summed E-state index contributed by atoms with van der Waals surface area (Å²) in [5.74, 6) is 2.45. The van der Waals surface area contributed by atoms with Gasteiger partial charge in [0.05, 0.1) is 6.61 Å². The van der Waals surface area contributed by atoms with Crippen LogP contribution >= 0.6 is 0 Å². The van der Waals surface area contributed by atoms with Crippen molar-refractivity contribution in [2.45, 2.75) is 13.5 Å². The van der Waals surface area contributed by atoms with Crippen LogP contribution in [0.5, 0.6) is 17.4 Å². The van der Waals surface area contributed by atoms with Crippen LogP contribution < -0.4 is 25.3 Å². The molecule has 1 aromatic heterocycles. The minimum Gasteiger partial charge on any atom is -0.476 e. The third-order valence-corrected chi connectivity index (χ3v) is 3.03. The number of fused-ring (bicyclic) bond motifs is 1. The number of benzene rings is 1. The zero-order valence-corrected chi connectivity index (χ0v) is 11.6. The van der Waals surface area contributed by atoms with Crippen LogP contribution in [0.25, 0.3) is 0 Å². The largest absolute Gasteiger partial charge is 0.476 e. The number of nitrogens with one attached hydrogen (secondary N) is 1. The second-order valence-corrected chi connectivity index (χ2v) is 4.42. The molecular formula is C14H16N4O3. The molecule has 21 heavy (non-hydrogen) atoms. The molecule has 110 valence electrons. The van der Waals surface area contributed by atoms with Crippen molar-refractivity contribution in [2.75, 3.05) is 24.5 Å². The van der Waals surface area contributed by atoms with Crippen molar-refractivity contribution in [3.8, 4) is 17.4 Å². The normalized spacial score (nSPS) is 12.2. The molecule has 3 N–H and O–H groups in total. The minimum atomic E-state index is 0.267. The predicted molar refractivity (Wildman–Crippen MR) is 77.5 cm³/mol. The number of rotatable bonds is 5. The zero-order valence-electron chi connectivity index (χ0n) is 11.6. The second-order valence-electron chi connectivity index (χ2n) is 4.42. The SMILES string of the molecule is CCOc1ncnc(NCc2ccc3c(c2)OCO3)c1N. The third kappa shape index (κ3) is 2.76. The number of aromatic nitrogens is 2. The number of ether oxygens (including phenoxy) is 3. The molecule has 0 aliphatic carbocycles. The topological polar surface area (TPSA) is 91.5 Å². The molecule has 0 bridgehead atoms. The first-order valence-electron chi connectivity index (χ1n) is 6.63. The standard InChI is InChI=1S/C14H16N4O3/c1-2-19-14-12(15)13(17-7-18-14)16-6-9-3-4-10-11(5-9)21-8-20-10/h3-5,7H,2,6,8,15H2,1H3,(H,16,17,18). The lowest BCUT2D eigenvalue weighted by atomic mass is 10.2. The summed E-state index contributed by atoms with van der Waals surface area (Å²) in [5.41, 5.74) is 7.41. The highest BCUT2D eigenvalue weighted by molar-refractivity contribution is 5.66. The van der Waals surface area contributed by atoms with Crippen molar-refractivity contribution in [2.24, 2.45) is 0 Å². The average Bonchev–Trinajstić information content (AvgIpc) is 2.96. The van der Waals surface area contributed by atoms with Gasteiger partial charge in [-0.05, 0) is 24.6 Å². The Kier molecular flexibility index (Phi) is 3.63. The third-order valence-electron chi connectivity index (χ3n) is 3.03. The van der Waals surface area contributed by atoms with Crippen molar-refractivity contribution >= 4 is 11.5 Å². The van der Waals surface area contributed by atoms with Gasteiger partial charge in [-0.1, -0.05) is 6.07 Å². The van der Waals surface area contributed by atoms with Crippen LogP contribution in [0.1, 0.15) is 12.5 Å². The lowest BCUT2D eigenvalue weighted by Gasteiger charge is -2.11. The Morgan fingerprint density at radius 3 is 3.00 bits per heavy atom. The van der Waals surface area contributed by atoms with E-state index in [1.807, 2.05) is 25.1 Å². The molecule has 1 aromatic carbocycles. The Morgan fingerprint density at radius 1 is 1.29 bits per heavy atom. The maximum absolute atomic E-state index is 5.97. The summed E-state index contributed by atoms with van der Waals surface area (Å²) in [6.07, 6.45) is 1.42. The molecule has 0 radical (unpaired) electrons. The fourth-order valence-corrected chi connectivity index (χ4v) is 2.01. The van der Waals surface area contributed by atoms with E-state index in [0.29, 0.717) is 30.5 Å². The summed E-state index contributed by atoms with van der Waals surface area (Å²) in [6.45, 7) is 3.20. The first-order valence-corrected chi connectivity index (χ1v) is 6.63. The molecule has 0 saturated carbocycles.